The van der Waals surface area contributed by atoms with Crippen LogP contribution in [0.4, 0.5) is 5.69 Å². The summed E-state index contributed by atoms with van der Waals surface area (Å²) in [5, 5.41) is 3.41. The van der Waals surface area contributed by atoms with Gasteiger partial charge in [0.2, 0.25) is 0 Å². The van der Waals surface area contributed by atoms with Gasteiger partial charge in [-0.25, -0.2) is 0 Å². The molecular weight excluding hydrogens is 290 g/mol. The van der Waals surface area contributed by atoms with Gasteiger partial charge in [-0.3, -0.25) is 0 Å². The highest BCUT2D eigenvalue weighted by atomic mass is 79.9. The van der Waals surface area contributed by atoms with Gasteiger partial charge in [0.1, 0.15) is 11.9 Å². The van der Waals surface area contributed by atoms with E-state index < -0.39 is 0 Å². The van der Waals surface area contributed by atoms with Crippen molar-refractivity contribution in [1.82, 2.24) is 0 Å². The topological polar surface area (TPSA) is 21.3 Å². The predicted octanol–water partition coefficient (Wildman–Crippen LogP) is 3.86. The number of anilines is 1. The zero-order chi connectivity index (χ0) is 12.4. The molecule has 2 aromatic carbocycles. The van der Waals surface area contributed by atoms with Crippen molar-refractivity contribution in [3.8, 4) is 5.75 Å². The van der Waals surface area contributed by atoms with E-state index in [0.717, 1.165) is 28.9 Å². The third-order valence-corrected chi connectivity index (χ3v) is 3.57. The molecule has 18 heavy (non-hydrogen) atoms. The molecule has 2 nitrogen and oxygen atoms in total. The second kappa shape index (κ2) is 5.02. The Morgan fingerprint density at radius 2 is 2.06 bits per heavy atom. The van der Waals surface area contributed by atoms with Crippen LogP contribution in [0.3, 0.4) is 0 Å². The molecule has 0 bridgehead atoms. The van der Waals surface area contributed by atoms with E-state index in [1.165, 1.54) is 5.56 Å². The largest absolute Gasteiger partial charge is 0.488 e. The number of hydrogen-bond acceptors (Lipinski definition) is 2. The molecule has 1 atom stereocenters. The molecule has 0 saturated carbocycles. The summed E-state index contributed by atoms with van der Waals surface area (Å²) in [6, 6.07) is 16.4. The standard InChI is InChI=1S/C15H14BrNO/c16-12-5-3-6-13(9-12)17-10-14-8-11-4-1-2-7-15(11)18-14/h1-7,9,14,17H,8,10H2. The highest BCUT2D eigenvalue weighted by Crippen LogP contribution is 2.28. The van der Waals surface area contributed by atoms with Crippen LogP contribution in [0.1, 0.15) is 5.56 Å². The van der Waals surface area contributed by atoms with Gasteiger partial charge in [0.05, 0.1) is 6.54 Å². The lowest BCUT2D eigenvalue weighted by Crippen LogP contribution is -2.23. The van der Waals surface area contributed by atoms with Crippen LogP contribution in [0.25, 0.3) is 0 Å². The van der Waals surface area contributed by atoms with Crippen molar-refractivity contribution in [3.63, 3.8) is 0 Å². The Balaban J connectivity index is 1.60. The minimum Gasteiger partial charge on any atom is -0.488 e. The molecule has 2 aromatic rings. The van der Waals surface area contributed by atoms with E-state index in [1.807, 2.05) is 24.3 Å². The SMILES string of the molecule is Brc1cccc(NCC2Cc3ccccc3O2)c1. The molecule has 3 heteroatoms. The molecule has 3 rings (SSSR count). The van der Waals surface area contributed by atoms with Gasteiger partial charge in [-0.05, 0) is 29.8 Å². The van der Waals surface area contributed by atoms with Gasteiger partial charge in [0.25, 0.3) is 0 Å². The fourth-order valence-electron chi connectivity index (χ4n) is 2.20. The Labute approximate surface area is 115 Å². The Morgan fingerprint density at radius 1 is 1.17 bits per heavy atom. The second-order valence-electron chi connectivity index (χ2n) is 4.44. The summed E-state index contributed by atoms with van der Waals surface area (Å²) in [5.74, 6) is 1.03. The number of fused-ring (bicyclic) bond motifs is 1. The molecule has 1 aliphatic rings. The summed E-state index contributed by atoms with van der Waals surface area (Å²) < 4.78 is 6.97. The highest BCUT2D eigenvalue weighted by molar-refractivity contribution is 9.10. The van der Waals surface area contributed by atoms with E-state index >= 15 is 0 Å². The average Bonchev–Trinajstić information content (AvgIpc) is 2.79. The Hall–Kier alpha value is -1.48. The Morgan fingerprint density at radius 3 is 2.89 bits per heavy atom. The summed E-state index contributed by atoms with van der Waals surface area (Å²) in [4.78, 5) is 0. The quantitative estimate of drug-likeness (QED) is 0.929. The van der Waals surface area contributed by atoms with Crippen LogP contribution in [0.15, 0.2) is 53.0 Å². The van der Waals surface area contributed by atoms with Crippen molar-refractivity contribution in [2.45, 2.75) is 12.5 Å². The lowest BCUT2D eigenvalue weighted by molar-refractivity contribution is 0.246. The molecule has 0 fully saturated rings. The maximum Gasteiger partial charge on any atom is 0.123 e. The first-order valence-electron chi connectivity index (χ1n) is 6.05. The van der Waals surface area contributed by atoms with Gasteiger partial charge < -0.3 is 10.1 Å². The summed E-state index contributed by atoms with van der Waals surface area (Å²) in [6.07, 6.45) is 1.21. The summed E-state index contributed by atoms with van der Waals surface area (Å²) in [5.41, 5.74) is 2.42. The number of ether oxygens (including phenoxy) is 1. The number of hydrogen-bond donors (Lipinski definition) is 1. The fourth-order valence-corrected chi connectivity index (χ4v) is 2.60. The third-order valence-electron chi connectivity index (χ3n) is 3.07. The van der Waals surface area contributed by atoms with Gasteiger partial charge >= 0.3 is 0 Å². The summed E-state index contributed by atoms with van der Waals surface area (Å²) in [6.45, 7) is 0.825. The van der Waals surface area contributed by atoms with Crippen LogP contribution in [-0.4, -0.2) is 12.6 Å². The summed E-state index contributed by atoms with van der Waals surface area (Å²) in [7, 11) is 0. The molecule has 0 aliphatic carbocycles. The minimum absolute atomic E-state index is 0.224. The number of halogens is 1. The second-order valence-corrected chi connectivity index (χ2v) is 5.36. The first-order chi connectivity index (χ1) is 8.81. The van der Waals surface area contributed by atoms with Crippen LogP contribution in [0.2, 0.25) is 0 Å². The van der Waals surface area contributed by atoms with Gasteiger partial charge in [-0.15, -0.1) is 0 Å². The van der Waals surface area contributed by atoms with Crippen LogP contribution in [0.5, 0.6) is 5.75 Å². The van der Waals surface area contributed by atoms with Crippen LogP contribution >= 0.6 is 15.9 Å². The first-order valence-corrected chi connectivity index (χ1v) is 6.84. The number of nitrogens with one attached hydrogen (secondary N) is 1. The first kappa shape index (κ1) is 11.6. The van der Waals surface area contributed by atoms with E-state index in [2.05, 4.69) is 45.5 Å². The van der Waals surface area contributed by atoms with Crippen molar-refractivity contribution >= 4 is 21.6 Å². The molecule has 1 unspecified atom stereocenters. The maximum atomic E-state index is 5.88. The number of benzene rings is 2. The predicted molar refractivity (Wildman–Crippen MR) is 77.2 cm³/mol. The van der Waals surface area contributed by atoms with Crippen molar-refractivity contribution in [2.75, 3.05) is 11.9 Å². The maximum absolute atomic E-state index is 5.88. The molecular formula is C15H14BrNO. The molecule has 0 spiro atoms. The zero-order valence-electron chi connectivity index (χ0n) is 9.90. The summed E-state index contributed by atoms with van der Waals surface area (Å²) >= 11 is 3.47. The minimum atomic E-state index is 0.224. The van der Waals surface area contributed by atoms with E-state index in [4.69, 9.17) is 4.74 Å². The van der Waals surface area contributed by atoms with E-state index in [0.29, 0.717) is 0 Å². The lowest BCUT2D eigenvalue weighted by Gasteiger charge is -2.13. The number of rotatable bonds is 3. The van der Waals surface area contributed by atoms with Crippen molar-refractivity contribution in [2.24, 2.45) is 0 Å². The molecule has 0 amide bonds. The van der Waals surface area contributed by atoms with Gasteiger partial charge in [0.15, 0.2) is 0 Å². The number of para-hydroxylation sites is 1. The molecule has 92 valence electrons. The highest BCUT2D eigenvalue weighted by Gasteiger charge is 2.21. The average molecular weight is 304 g/mol. The van der Waals surface area contributed by atoms with E-state index in [1.54, 1.807) is 0 Å². The van der Waals surface area contributed by atoms with Crippen molar-refractivity contribution < 1.29 is 4.74 Å². The smallest absolute Gasteiger partial charge is 0.123 e. The Kier molecular flexibility index (Phi) is 3.24. The molecule has 1 N–H and O–H groups in total. The fraction of sp³-hybridized carbons (Fsp3) is 0.200. The normalized spacial score (nSPS) is 17.1. The van der Waals surface area contributed by atoms with Gasteiger partial charge in [0, 0.05) is 16.6 Å². The molecule has 1 heterocycles. The van der Waals surface area contributed by atoms with Crippen LogP contribution in [0, 0.1) is 0 Å². The monoisotopic (exact) mass is 303 g/mol. The van der Waals surface area contributed by atoms with Gasteiger partial charge in [-0.2, -0.15) is 0 Å². The molecule has 0 radical (unpaired) electrons. The Bertz CT molecular complexity index is 531. The van der Waals surface area contributed by atoms with Crippen LogP contribution < -0.4 is 10.1 Å². The zero-order valence-corrected chi connectivity index (χ0v) is 11.5. The molecule has 0 aromatic heterocycles. The molecule has 0 saturated heterocycles. The third kappa shape index (κ3) is 2.51. The van der Waals surface area contributed by atoms with Crippen LogP contribution in [-0.2, 0) is 6.42 Å². The van der Waals surface area contributed by atoms with Crippen molar-refractivity contribution in [3.05, 3.63) is 58.6 Å². The lowest BCUT2D eigenvalue weighted by atomic mass is 10.1. The van der Waals surface area contributed by atoms with Gasteiger partial charge in [-0.1, -0.05) is 40.2 Å². The molecule has 1 aliphatic heterocycles. The van der Waals surface area contributed by atoms with Crippen molar-refractivity contribution in [1.29, 1.82) is 0 Å². The van der Waals surface area contributed by atoms with E-state index in [-0.39, 0.29) is 6.10 Å². The van der Waals surface area contributed by atoms with E-state index in [9.17, 15) is 0 Å².